The largest absolute Gasteiger partial charge is 0.481 e. The maximum absolute atomic E-state index is 11.8. The highest BCUT2D eigenvalue weighted by Gasteiger charge is 2.24. The quantitative estimate of drug-likeness (QED) is 0.788. The first-order valence-electron chi connectivity index (χ1n) is 6.26. The second kappa shape index (κ2) is 6.47. The molecule has 0 spiro atoms. The van der Waals surface area contributed by atoms with Crippen LogP contribution in [-0.2, 0) is 4.79 Å². The number of hydrogen-bond acceptors (Lipinski definition) is 2. The lowest BCUT2D eigenvalue weighted by Crippen LogP contribution is -2.47. The number of likely N-dealkylation sites (tertiary alicyclic amines) is 1. The molecule has 1 rings (SSSR count). The van der Waals surface area contributed by atoms with Gasteiger partial charge in [0.15, 0.2) is 0 Å². The molecule has 2 N–H and O–H groups in total. The van der Waals surface area contributed by atoms with Crippen LogP contribution >= 0.6 is 0 Å². The first kappa shape index (κ1) is 13.8. The van der Waals surface area contributed by atoms with Gasteiger partial charge in [0.2, 0.25) is 0 Å². The van der Waals surface area contributed by atoms with E-state index in [-0.39, 0.29) is 18.5 Å². The van der Waals surface area contributed by atoms with Crippen LogP contribution in [0.15, 0.2) is 0 Å². The van der Waals surface area contributed by atoms with Crippen molar-refractivity contribution in [3.05, 3.63) is 0 Å². The van der Waals surface area contributed by atoms with Crippen molar-refractivity contribution in [1.29, 1.82) is 0 Å². The third-order valence-corrected chi connectivity index (χ3v) is 2.98. The number of urea groups is 1. The van der Waals surface area contributed by atoms with Crippen LogP contribution in [0.25, 0.3) is 0 Å². The average molecular weight is 242 g/mol. The molecule has 0 aromatic carbocycles. The van der Waals surface area contributed by atoms with Gasteiger partial charge in [-0.1, -0.05) is 0 Å². The Morgan fingerprint density at radius 2 is 2.18 bits per heavy atom. The topological polar surface area (TPSA) is 69.6 Å². The van der Waals surface area contributed by atoms with E-state index in [1.165, 1.54) is 0 Å². The SMILES string of the molecule is CC(C)NC(=O)N1CCCC(CCC(=O)O)C1. The third-order valence-electron chi connectivity index (χ3n) is 2.98. The summed E-state index contributed by atoms with van der Waals surface area (Å²) >= 11 is 0. The molecule has 5 nitrogen and oxygen atoms in total. The summed E-state index contributed by atoms with van der Waals surface area (Å²) in [5.41, 5.74) is 0. The fraction of sp³-hybridized carbons (Fsp3) is 0.833. The van der Waals surface area contributed by atoms with Gasteiger partial charge >= 0.3 is 12.0 Å². The molecule has 0 aliphatic carbocycles. The molecule has 1 aliphatic heterocycles. The number of carbonyl (C=O) groups excluding carboxylic acids is 1. The van der Waals surface area contributed by atoms with E-state index >= 15 is 0 Å². The Kier molecular flexibility index (Phi) is 5.25. The van der Waals surface area contributed by atoms with Crippen LogP contribution in [0.1, 0.15) is 39.5 Å². The van der Waals surface area contributed by atoms with E-state index in [1.807, 2.05) is 13.8 Å². The summed E-state index contributed by atoms with van der Waals surface area (Å²) in [6, 6.07) is 0.113. The zero-order valence-corrected chi connectivity index (χ0v) is 10.6. The van der Waals surface area contributed by atoms with Crippen molar-refractivity contribution in [2.24, 2.45) is 5.92 Å². The second-order valence-electron chi connectivity index (χ2n) is 4.99. The van der Waals surface area contributed by atoms with Gasteiger partial charge in [-0.2, -0.15) is 0 Å². The van der Waals surface area contributed by atoms with Gasteiger partial charge in [0.1, 0.15) is 0 Å². The highest BCUT2D eigenvalue weighted by Crippen LogP contribution is 2.20. The van der Waals surface area contributed by atoms with Crippen molar-refractivity contribution in [1.82, 2.24) is 10.2 Å². The van der Waals surface area contributed by atoms with Crippen molar-refractivity contribution < 1.29 is 14.7 Å². The van der Waals surface area contributed by atoms with Crippen LogP contribution in [0.2, 0.25) is 0 Å². The first-order chi connectivity index (χ1) is 7.99. The van der Waals surface area contributed by atoms with Crippen molar-refractivity contribution in [3.8, 4) is 0 Å². The Hall–Kier alpha value is -1.26. The molecule has 98 valence electrons. The van der Waals surface area contributed by atoms with Crippen LogP contribution in [0.5, 0.6) is 0 Å². The van der Waals surface area contributed by atoms with Gasteiger partial charge < -0.3 is 15.3 Å². The van der Waals surface area contributed by atoms with E-state index in [2.05, 4.69) is 5.32 Å². The minimum absolute atomic E-state index is 0.0278. The second-order valence-corrected chi connectivity index (χ2v) is 4.99. The molecule has 1 saturated heterocycles. The summed E-state index contributed by atoms with van der Waals surface area (Å²) < 4.78 is 0. The van der Waals surface area contributed by atoms with Gasteiger partial charge in [-0.05, 0) is 39.0 Å². The summed E-state index contributed by atoms with van der Waals surface area (Å²) in [4.78, 5) is 24.1. The molecule has 1 fully saturated rings. The predicted molar refractivity (Wildman–Crippen MR) is 64.8 cm³/mol. The van der Waals surface area contributed by atoms with E-state index in [1.54, 1.807) is 4.90 Å². The van der Waals surface area contributed by atoms with Crippen LogP contribution in [0, 0.1) is 5.92 Å². The molecule has 0 bridgehead atoms. The number of amides is 2. The number of aliphatic carboxylic acids is 1. The fourth-order valence-electron chi connectivity index (χ4n) is 2.15. The summed E-state index contributed by atoms with van der Waals surface area (Å²) in [6.45, 7) is 5.33. The number of hydrogen-bond donors (Lipinski definition) is 2. The van der Waals surface area contributed by atoms with Crippen molar-refractivity contribution >= 4 is 12.0 Å². The molecule has 0 saturated carbocycles. The maximum atomic E-state index is 11.8. The number of rotatable bonds is 4. The van der Waals surface area contributed by atoms with Crippen molar-refractivity contribution in [2.45, 2.75) is 45.6 Å². The highest BCUT2D eigenvalue weighted by atomic mass is 16.4. The zero-order chi connectivity index (χ0) is 12.8. The number of piperidine rings is 1. The number of nitrogens with zero attached hydrogens (tertiary/aromatic N) is 1. The molecule has 1 unspecified atom stereocenters. The summed E-state index contributed by atoms with van der Waals surface area (Å²) in [5, 5.41) is 11.5. The summed E-state index contributed by atoms with van der Waals surface area (Å²) in [6.07, 6.45) is 2.86. The van der Waals surface area contributed by atoms with E-state index in [9.17, 15) is 9.59 Å². The predicted octanol–water partition coefficient (Wildman–Crippen LogP) is 1.68. The van der Waals surface area contributed by atoms with Gasteiger partial charge in [0.05, 0.1) is 0 Å². The molecule has 5 heteroatoms. The molecule has 17 heavy (non-hydrogen) atoms. The maximum Gasteiger partial charge on any atom is 0.317 e. The Bertz CT molecular complexity index is 279. The minimum atomic E-state index is -0.756. The minimum Gasteiger partial charge on any atom is -0.481 e. The van der Waals surface area contributed by atoms with Crippen molar-refractivity contribution in [2.75, 3.05) is 13.1 Å². The smallest absolute Gasteiger partial charge is 0.317 e. The van der Waals surface area contributed by atoms with E-state index in [4.69, 9.17) is 5.11 Å². The molecule has 2 amide bonds. The highest BCUT2D eigenvalue weighted by molar-refractivity contribution is 5.74. The fourth-order valence-corrected chi connectivity index (χ4v) is 2.15. The monoisotopic (exact) mass is 242 g/mol. The number of carboxylic acids is 1. The standard InChI is InChI=1S/C12H22N2O3/c1-9(2)13-12(17)14-7-3-4-10(8-14)5-6-11(15)16/h9-10H,3-8H2,1-2H3,(H,13,17)(H,15,16). The Balaban J connectivity index is 2.37. The Morgan fingerprint density at radius 1 is 1.47 bits per heavy atom. The van der Waals surface area contributed by atoms with Gasteiger partial charge in [-0.15, -0.1) is 0 Å². The van der Waals surface area contributed by atoms with E-state index in [0.29, 0.717) is 18.9 Å². The Morgan fingerprint density at radius 3 is 2.76 bits per heavy atom. The lowest BCUT2D eigenvalue weighted by atomic mass is 9.93. The summed E-state index contributed by atoms with van der Waals surface area (Å²) in [5.74, 6) is -0.425. The normalized spacial score (nSPS) is 20.4. The molecule has 0 radical (unpaired) electrons. The molecule has 1 heterocycles. The molecular formula is C12H22N2O3. The van der Waals surface area contributed by atoms with Crippen LogP contribution in [0.3, 0.4) is 0 Å². The molecular weight excluding hydrogens is 220 g/mol. The van der Waals surface area contributed by atoms with Crippen LogP contribution in [-0.4, -0.2) is 41.1 Å². The number of carbonyl (C=O) groups is 2. The number of carboxylic acid groups (broad SMARTS) is 1. The van der Waals surface area contributed by atoms with Crippen LogP contribution in [0.4, 0.5) is 4.79 Å². The Labute approximate surface area is 102 Å². The van der Waals surface area contributed by atoms with Gasteiger partial charge in [-0.25, -0.2) is 4.79 Å². The van der Waals surface area contributed by atoms with Crippen LogP contribution < -0.4 is 5.32 Å². The van der Waals surface area contributed by atoms with E-state index < -0.39 is 5.97 Å². The summed E-state index contributed by atoms with van der Waals surface area (Å²) in [7, 11) is 0. The third kappa shape index (κ3) is 5.06. The van der Waals surface area contributed by atoms with Gasteiger partial charge in [0, 0.05) is 25.6 Å². The average Bonchev–Trinajstić information content (AvgIpc) is 2.26. The van der Waals surface area contributed by atoms with E-state index in [0.717, 1.165) is 19.4 Å². The zero-order valence-electron chi connectivity index (χ0n) is 10.6. The first-order valence-corrected chi connectivity index (χ1v) is 6.26. The molecule has 0 aromatic heterocycles. The molecule has 0 aromatic rings. The molecule has 1 aliphatic rings. The lowest BCUT2D eigenvalue weighted by Gasteiger charge is -2.33. The van der Waals surface area contributed by atoms with Gasteiger partial charge in [0.25, 0.3) is 0 Å². The lowest BCUT2D eigenvalue weighted by molar-refractivity contribution is -0.137. The number of nitrogens with one attached hydrogen (secondary N) is 1. The van der Waals surface area contributed by atoms with Gasteiger partial charge in [-0.3, -0.25) is 4.79 Å². The van der Waals surface area contributed by atoms with Crippen molar-refractivity contribution in [3.63, 3.8) is 0 Å². The molecule has 1 atom stereocenters.